The first kappa shape index (κ1) is 13.6. The highest BCUT2D eigenvalue weighted by Gasteiger charge is 2.08. The van der Waals surface area contributed by atoms with Gasteiger partial charge in [0.2, 0.25) is 0 Å². The maximum atomic E-state index is 4.56. The van der Waals surface area contributed by atoms with Crippen LogP contribution in [0.3, 0.4) is 0 Å². The highest BCUT2D eigenvalue weighted by atomic mass is 15.2. The van der Waals surface area contributed by atoms with Crippen molar-refractivity contribution in [2.45, 2.75) is 20.4 Å². The van der Waals surface area contributed by atoms with E-state index in [4.69, 9.17) is 0 Å². The third kappa shape index (κ3) is 3.32. The van der Waals surface area contributed by atoms with Crippen LogP contribution in [-0.4, -0.2) is 18.6 Å². The number of rotatable bonds is 5. The Kier molecular flexibility index (Phi) is 4.53. The second-order valence-electron chi connectivity index (χ2n) is 4.64. The van der Waals surface area contributed by atoms with Gasteiger partial charge in [-0.15, -0.1) is 0 Å². The number of anilines is 2. The molecule has 0 saturated carbocycles. The zero-order valence-corrected chi connectivity index (χ0v) is 11.9. The fraction of sp³-hybridized carbons (Fsp3) is 0.312. The highest BCUT2D eigenvalue weighted by Crippen LogP contribution is 2.23. The lowest BCUT2D eigenvalue weighted by molar-refractivity contribution is 0.812. The number of benzene rings is 1. The van der Waals surface area contributed by atoms with E-state index in [1.54, 1.807) is 0 Å². The predicted octanol–water partition coefficient (Wildman–Crippen LogP) is 3.27. The Hall–Kier alpha value is -1.87. The summed E-state index contributed by atoms with van der Waals surface area (Å²) in [5, 5.41) is 3.13. The molecule has 19 heavy (non-hydrogen) atoms. The van der Waals surface area contributed by atoms with Crippen molar-refractivity contribution in [3.8, 4) is 0 Å². The normalized spacial score (nSPS) is 10.5. The number of hydrogen-bond acceptors (Lipinski definition) is 3. The molecule has 0 aliphatic heterocycles. The van der Waals surface area contributed by atoms with Gasteiger partial charge in [-0.05, 0) is 50.2 Å². The van der Waals surface area contributed by atoms with E-state index in [0.29, 0.717) is 0 Å². The minimum Gasteiger partial charge on any atom is -0.327 e. The first-order valence-corrected chi connectivity index (χ1v) is 6.68. The van der Waals surface area contributed by atoms with Crippen molar-refractivity contribution in [3.63, 3.8) is 0 Å². The quantitative estimate of drug-likeness (QED) is 0.888. The zero-order valence-electron chi connectivity index (χ0n) is 11.9. The van der Waals surface area contributed by atoms with Crippen LogP contribution in [0.15, 0.2) is 42.6 Å². The Labute approximate surface area is 115 Å². The fourth-order valence-electron chi connectivity index (χ4n) is 2.16. The van der Waals surface area contributed by atoms with Crippen LogP contribution in [0.4, 0.5) is 11.5 Å². The molecule has 2 aromatic rings. The second kappa shape index (κ2) is 6.34. The first-order chi connectivity index (χ1) is 9.24. The summed E-state index contributed by atoms with van der Waals surface area (Å²) in [5.41, 5.74) is 3.66. The molecule has 1 aromatic carbocycles. The van der Waals surface area contributed by atoms with Crippen molar-refractivity contribution in [2.75, 3.05) is 18.5 Å². The molecule has 1 heterocycles. The molecule has 0 atom stereocenters. The summed E-state index contributed by atoms with van der Waals surface area (Å²) in [6.07, 6.45) is 1.93. The lowest BCUT2D eigenvalue weighted by Crippen LogP contribution is -2.17. The molecule has 100 valence electrons. The topological polar surface area (TPSA) is 28.2 Å². The van der Waals surface area contributed by atoms with E-state index >= 15 is 0 Å². The SMILES string of the molecule is CCN(c1cccc(C)c1)c1ccc(CNC)cn1. The van der Waals surface area contributed by atoms with Gasteiger partial charge in [0, 0.05) is 25.0 Å². The van der Waals surface area contributed by atoms with Gasteiger partial charge in [0.05, 0.1) is 0 Å². The fourth-order valence-corrected chi connectivity index (χ4v) is 2.16. The van der Waals surface area contributed by atoms with Gasteiger partial charge in [0.25, 0.3) is 0 Å². The van der Waals surface area contributed by atoms with E-state index < -0.39 is 0 Å². The van der Waals surface area contributed by atoms with E-state index in [9.17, 15) is 0 Å². The van der Waals surface area contributed by atoms with Crippen LogP contribution in [0.1, 0.15) is 18.1 Å². The first-order valence-electron chi connectivity index (χ1n) is 6.68. The molecule has 0 saturated heterocycles. The van der Waals surface area contributed by atoms with Crippen LogP contribution >= 0.6 is 0 Å². The lowest BCUT2D eigenvalue weighted by atomic mass is 10.2. The van der Waals surface area contributed by atoms with E-state index in [-0.39, 0.29) is 0 Å². The number of nitrogens with zero attached hydrogens (tertiary/aromatic N) is 2. The average molecular weight is 255 g/mol. The maximum absolute atomic E-state index is 4.56. The van der Waals surface area contributed by atoms with Crippen LogP contribution in [-0.2, 0) is 6.54 Å². The molecule has 0 fully saturated rings. The minimum atomic E-state index is 0.851. The Morgan fingerprint density at radius 1 is 1.21 bits per heavy atom. The number of hydrogen-bond donors (Lipinski definition) is 1. The summed E-state index contributed by atoms with van der Waals surface area (Å²) in [6.45, 7) is 6.01. The molecule has 1 aromatic heterocycles. The van der Waals surface area contributed by atoms with Crippen LogP contribution in [0.2, 0.25) is 0 Å². The van der Waals surface area contributed by atoms with Crippen molar-refractivity contribution < 1.29 is 0 Å². The number of pyridine rings is 1. The standard InChI is InChI=1S/C16H21N3/c1-4-19(15-7-5-6-13(2)10-15)16-9-8-14(11-17-3)12-18-16/h5-10,12,17H,4,11H2,1-3H3. The molecule has 3 heteroatoms. The summed E-state index contributed by atoms with van der Waals surface area (Å²) in [4.78, 5) is 6.78. The van der Waals surface area contributed by atoms with E-state index in [1.807, 2.05) is 13.2 Å². The number of aryl methyl sites for hydroxylation is 1. The Balaban J connectivity index is 2.26. The summed E-state index contributed by atoms with van der Waals surface area (Å²) in [7, 11) is 1.94. The molecular weight excluding hydrogens is 234 g/mol. The molecule has 0 aliphatic carbocycles. The van der Waals surface area contributed by atoms with E-state index in [1.165, 1.54) is 16.8 Å². The van der Waals surface area contributed by atoms with Crippen LogP contribution < -0.4 is 10.2 Å². The molecule has 0 amide bonds. The molecule has 0 spiro atoms. The Bertz CT molecular complexity index is 520. The molecule has 0 unspecified atom stereocenters. The molecule has 0 aliphatic rings. The van der Waals surface area contributed by atoms with Gasteiger partial charge in [-0.25, -0.2) is 4.98 Å². The summed E-state index contributed by atoms with van der Waals surface area (Å²) in [5.74, 6) is 0.993. The van der Waals surface area contributed by atoms with Crippen molar-refractivity contribution in [1.29, 1.82) is 0 Å². The van der Waals surface area contributed by atoms with Crippen LogP contribution in [0, 0.1) is 6.92 Å². The number of nitrogens with one attached hydrogen (secondary N) is 1. The van der Waals surface area contributed by atoms with Gasteiger partial charge >= 0.3 is 0 Å². The van der Waals surface area contributed by atoms with Crippen LogP contribution in [0.5, 0.6) is 0 Å². The molecule has 0 radical (unpaired) electrons. The third-order valence-corrected chi connectivity index (χ3v) is 3.10. The monoisotopic (exact) mass is 255 g/mol. The van der Waals surface area contributed by atoms with Crippen molar-refractivity contribution in [2.24, 2.45) is 0 Å². The van der Waals surface area contributed by atoms with Crippen molar-refractivity contribution in [1.82, 2.24) is 10.3 Å². The smallest absolute Gasteiger partial charge is 0.132 e. The summed E-state index contributed by atoms with van der Waals surface area (Å²) in [6, 6.07) is 12.7. The van der Waals surface area contributed by atoms with E-state index in [2.05, 4.69) is 65.4 Å². The second-order valence-corrected chi connectivity index (χ2v) is 4.64. The van der Waals surface area contributed by atoms with Gasteiger partial charge in [0.15, 0.2) is 0 Å². The maximum Gasteiger partial charge on any atom is 0.132 e. The van der Waals surface area contributed by atoms with Crippen molar-refractivity contribution >= 4 is 11.5 Å². The Morgan fingerprint density at radius 3 is 2.63 bits per heavy atom. The summed E-state index contributed by atoms with van der Waals surface area (Å²) >= 11 is 0. The van der Waals surface area contributed by atoms with Gasteiger partial charge in [0.1, 0.15) is 5.82 Å². The largest absolute Gasteiger partial charge is 0.327 e. The average Bonchev–Trinajstić information content (AvgIpc) is 2.42. The van der Waals surface area contributed by atoms with Gasteiger partial charge in [-0.2, -0.15) is 0 Å². The molecular formula is C16H21N3. The molecule has 2 rings (SSSR count). The summed E-state index contributed by atoms with van der Waals surface area (Å²) < 4.78 is 0. The molecule has 3 nitrogen and oxygen atoms in total. The third-order valence-electron chi connectivity index (χ3n) is 3.10. The highest BCUT2D eigenvalue weighted by molar-refractivity contribution is 5.60. The zero-order chi connectivity index (χ0) is 13.7. The van der Waals surface area contributed by atoms with Gasteiger partial charge in [-0.1, -0.05) is 18.2 Å². The molecule has 1 N–H and O–H groups in total. The van der Waals surface area contributed by atoms with Crippen molar-refractivity contribution in [3.05, 3.63) is 53.7 Å². The lowest BCUT2D eigenvalue weighted by Gasteiger charge is -2.22. The minimum absolute atomic E-state index is 0.851. The van der Waals surface area contributed by atoms with Gasteiger partial charge in [-0.3, -0.25) is 0 Å². The number of aromatic nitrogens is 1. The van der Waals surface area contributed by atoms with Gasteiger partial charge < -0.3 is 10.2 Å². The Morgan fingerprint density at radius 2 is 2.05 bits per heavy atom. The van der Waals surface area contributed by atoms with Crippen LogP contribution in [0.25, 0.3) is 0 Å². The predicted molar refractivity (Wildman–Crippen MR) is 80.9 cm³/mol. The molecule has 0 bridgehead atoms. The van der Waals surface area contributed by atoms with E-state index in [0.717, 1.165) is 18.9 Å².